The Morgan fingerprint density at radius 3 is 2.14 bits per heavy atom. The van der Waals surface area contributed by atoms with Crippen LogP contribution in [0.2, 0.25) is 0 Å². The fourth-order valence-electron chi connectivity index (χ4n) is 2.61. The number of nitrogens with two attached hydrogens (primary N) is 1. The van der Waals surface area contributed by atoms with Gasteiger partial charge in [0.1, 0.15) is 5.60 Å². The number of nitrogens with one attached hydrogen (secondary N) is 1. The Kier molecular flexibility index (Phi) is 9.15. The van der Waals surface area contributed by atoms with Gasteiger partial charge in [0, 0.05) is 26.2 Å². The predicted octanol–water partition coefficient (Wildman–Crippen LogP) is 1.58. The number of carbonyl (C=O) groups is 1. The highest BCUT2D eigenvalue weighted by atomic mass is 127. The van der Waals surface area contributed by atoms with Gasteiger partial charge in [-0.1, -0.05) is 12.1 Å². The number of aliphatic imine (C=N–C) groups is 1. The molecule has 9 nitrogen and oxygen atoms in total. The third-order valence-corrected chi connectivity index (χ3v) is 5.61. The Hall–Kier alpha value is -1.60. The summed E-state index contributed by atoms with van der Waals surface area (Å²) >= 11 is 0. The molecule has 1 aliphatic heterocycles. The highest BCUT2D eigenvalue weighted by Gasteiger charge is 2.26. The van der Waals surface area contributed by atoms with Gasteiger partial charge in [-0.3, -0.25) is 0 Å². The maximum Gasteiger partial charge on any atom is 0.410 e. The van der Waals surface area contributed by atoms with E-state index in [2.05, 4.69) is 9.71 Å². The summed E-state index contributed by atoms with van der Waals surface area (Å²) in [5, 5.41) is 0. The van der Waals surface area contributed by atoms with E-state index < -0.39 is 15.6 Å². The Labute approximate surface area is 189 Å². The van der Waals surface area contributed by atoms with Gasteiger partial charge in [-0.25, -0.2) is 22.9 Å². The van der Waals surface area contributed by atoms with Crippen LogP contribution in [0.4, 0.5) is 4.79 Å². The number of rotatable bonds is 4. The SMILES string of the molecule is CNS(=O)(=O)c1ccc(CN=C(N)N2CCN(C(=O)OC(C)(C)C)CC2)cc1.I. The highest BCUT2D eigenvalue weighted by Crippen LogP contribution is 2.13. The lowest BCUT2D eigenvalue weighted by Gasteiger charge is -2.36. The van der Waals surface area contributed by atoms with E-state index in [4.69, 9.17) is 10.5 Å². The Bertz CT molecular complexity index is 814. The largest absolute Gasteiger partial charge is 0.444 e. The molecule has 29 heavy (non-hydrogen) atoms. The van der Waals surface area contributed by atoms with Gasteiger partial charge in [-0.2, -0.15) is 0 Å². The van der Waals surface area contributed by atoms with Crippen LogP contribution in [0.15, 0.2) is 34.2 Å². The molecule has 0 aromatic heterocycles. The van der Waals surface area contributed by atoms with Crippen molar-refractivity contribution in [1.29, 1.82) is 0 Å². The average Bonchev–Trinajstić information content (AvgIpc) is 2.65. The number of amides is 1. The van der Waals surface area contributed by atoms with Crippen LogP contribution in [0.5, 0.6) is 0 Å². The summed E-state index contributed by atoms with van der Waals surface area (Å²) in [6, 6.07) is 6.49. The minimum absolute atomic E-state index is 0. The molecule has 1 heterocycles. The Morgan fingerprint density at radius 1 is 1.14 bits per heavy atom. The van der Waals surface area contributed by atoms with Gasteiger partial charge in [0.2, 0.25) is 10.0 Å². The normalized spacial score (nSPS) is 15.7. The smallest absolute Gasteiger partial charge is 0.410 e. The van der Waals surface area contributed by atoms with Gasteiger partial charge in [0.15, 0.2) is 5.96 Å². The first-order valence-corrected chi connectivity index (χ1v) is 10.6. The zero-order valence-electron chi connectivity index (χ0n) is 17.2. The summed E-state index contributed by atoms with van der Waals surface area (Å²) in [6.07, 6.45) is -0.320. The molecule has 1 aliphatic rings. The van der Waals surface area contributed by atoms with E-state index in [9.17, 15) is 13.2 Å². The summed E-state index contributed by atoms with van der Waals surface area (Å²) in [5.74, 6) is 0.399. The average molecular weight is 539 g/mol. The van der Waals surface area contributed by atoms with Crippen LogP contribution in [-0.2, 0) is 21.3 Å². The number of benzene rings is 1. The fraction of sp³-hybridized carbons (Fsp3) is 0.556. The Morgan fingerprint density at radius 2 is 1.66 bits per heavy atom. The van der Waals surface area contributed by atoms with E-state index in [1.165, 1.54) is 19.2 Å². The monoisotopic (exact) mass is 539 g/mol. The van der Waals surface area contributed by atoms with Crippen molar-refractivity contribution in [3.05, 3.63) is 29.8 Å². The number of piperazine rings is 1. The Balaban J connectivity index is 0.00000420. The molecule has 0 saturated carbocycles. The molecule has 1 fully saturated rings. The lowest BCUT2D eigenvalue weighted by molar-refractivity contribution is 0.0186. The van der Waals surface area contributed by atoms with Crippen LogP contribution in [0.1, 0.15) is 26.3 Å². The first-order chi connectivity index (χ1) is 13.0. The molecule has 0 bridgehead atoms. The summed E-state index contributed by atoms with van der Waals surface area (Å²) in [7, 11) is -2.08. The molecule has 0 radical (unpaired) electrons. The summed E-state index contributed by atoms with van der Waals surface area (Å²) in [6.45, 7) is 8.05. The molecule has 0 unspecified atom stereocenters. The number of nitrogens with zero attached hydrogens (tertiary/aromatic N) is 3. The third-order valence-electron chi connectivity index (χ3n) is 4.18. The molecule has 0 spiro atoms. The van der Waals surface area contributed by atoms with Crippen molar-refractivity contribution in [2.75, 3.05) is 33.2 Å². The molecular weight excluding hydrogens is 509 g/mol. The van der Waals surface area contributed by atoms with Crippen molar-refractivity contribution in [3.63, 3.8) is 0 Å². The first kappa shape index (κ1) is 25.4. The van der Waals surface area contributed by atoms with Crippen molar-refractivity contribution >= 4 is 46.1 Å². The van der Waals surface area contributed by atoms with Crippen LogP contribution >= 0.6 is 24.0 Å². The molecule has 1 aromatic carbocycles. The maximum atomic E-state index is 12.1. The van der Waals surface area contributed by atoms with Crippen LogP contribution in [0.25, 0.3) is 0 Å². The number of sulfonamides is 1. The standard InChI is InChI=1S/C18H29N5O4S.HI/c1-18(2,3)27-17(24)23-11-9-22(10-12-23)16(19)21-13-14-5-7-15(8-6-14)28(25,26)20-4;/h5-8,20H,9-13H2,1-4H3,(H2,19,21);1H. The predicted molar refractivity (Wildman–Crippen MR) is 123 cm³/mol. The zero-order chi connectivity index (χ0) is 20.9. The van der Waals surface area contributed by atoms with E-state index >= 15 is 0 Å². The van der Waals surface area contributed by atoms with Gasteiger partial charge in [-0.15, -0.1) is 24.0 Å². The van der Waals surface area contributed by atoms with Crippen molar-refractivity contribution in [2.24, 2.45) is 10.7 Å². The number of ether oxygens (including phenoxy) is 1. The second kappa shape index (κ2) is 10.4. The molecule has 1 amide bonds. The van der Waals surface area contributed by atoms with Crippen LogP contribution < -0.4 is 10.5 Å². The zero-order valence-corrected chi connectivity index (χ0v) is 20.4. The second-order valence-corrected chi connectivity index (χ2v) is 9.37. The van der Waals surface area contributed by atoms with Gasteiger partial charge in [0.25, 0.3) is 0 Å². The minimum Gasteiger partial charge on any atom is -0.444 e. The van der Waals surface area contributed by atoms with E-state index in [0.717, 1.165) is 5.56 Å². The lowest BCUT2D eigenvalue weighted by atomic mass is 10.2. The van der Waals surface area contributed by atoms with E-state index in [1.807, 2.05) is 25.7 Å². The number of hydrogen-bond acceptors (Lipinski definition) is 5. The summed E-state index contributed by atoms with van der Waals surface area (Å²) < 4.78 is 31.1. The van der Waals surface area contributed by atoms with Crippen LogP contribution in [0.3, 0.4) is 0 Å². The fourth-order valence-corrected chi connectivity index (χ4v) is 3.34. The van der Waals surface area contributed by atoms with E-state index in [1.54, 1.807) is 17.0 Å². The maximum absolute atomic E-state index is 12.1. The van der Waals surface area contributed by atoms with Crippen LogP contribution in [0, 0.1) is 0 Å². The van der Waals surface area contributed by atoms with Crippen molar-refractivity contribution in [3.8, 4) is 0 Å². The topological polar surface area (TPSA) is 117 Å². The minimum atomic E-state index is -3.45. The van der Waals surface area contributed by atoms with Crippen molar-refractivity contribution in [2.45, 2.75) is 37.8 Å². The molecule has 164 valence electrons. The first-order valence-electron chi connectivity index (χ1n) is 9.07. The highest BCUT2D eigenvalue weighted by molar-refractivity contribution is 14.0. The summed E-state index contributed by atoms with van der Waals surface area (Å²) in [4.78, 5) is 20.3. The number of guanidine groups is 1. The number of hydrogen-bond donors (Lipinski definition) is 2. The molecule has 1 aromatic rings. The number of halogens is 1. The lowest BCUT2D eigenvalue weighted by Crippen LogP contribution is -2.53. The third kappa shape index (κ3) is 7.63. The quantitative estimate of drug-likeness (QED) is 0.341. The van der Waals surface area contributed by atoms with Gasteiger partial charge in [-0.05, 0) is 45.5 Å². The van der Waals surface area contributed by atoms with E-state index in [0.29, 0.717) is 38.7 Å². The molecule has 11 heteroatoms. The number of carbonyl (C=O) groups excluding carboxylic acids is 1. The molecule has 0 aliphatic carbocycles. The summed E-state index contributed by atoms with van der Waals surface area (Å²) in [5.41, 5.74) is 6.41. The van der Waals surface area contributed by atoms with Gasteiger partial charge >= 0.3 is 6.09 Å². The van der Waals surface area contributed by atoms with Gasteiger partial charge in [0.05, 0.1) is 11.4 Å². The molecule has 3 N–H and O–H groups in total. The van der Waals surface area contributed by atoms with Crippen molar-refractivity contribution < 1.29 is 17.9 Å². The molecule has 2 rings (SSSR count). The van der Waals surface area contributed by atoms with Crippen molar-refractivity contribution in [1.82, 2.24) is 14.5 Å². The van der Waals surface area contributed by atoms with E-state index in [-0.39, 0.29) is 35.0 Å². The second-order valence-electron chi connectivity index (χ2n) is 7.48. The molecule has 0 atom stereocenters. The van der Waals surface area contributed by atoms with Gasteiger partial charge < -0.3 is 20.3 Å². The molecular formula is C18H30IN5O4S. The van der Waals surface area contributed by atoms with Crippen LogP contribution in [-0.4, -0.2) is 69.1 Å². The molecule has 1 saturated heterocycles.